The lowest BCUT2D eigenvalue weighted by Crippen LogP contribution is -2.43. The van der Waals surface area contributed by atoms with Crippen LogP contribution in [0, 0.1) is 11.8 Å². The van der Waals surface area contributed by atoms with Crippen molar-refractivity contribution in [3.63, 3.8) is 0 Å². The first-order valence-electron chi connectivity index (χ1n) is 10.7. The number of anilines is 1. The number of hydrogen-bond donors (Lipinski definition) is 1. The van der Waals surface area contributed by atoms with Crippen LogP contribution in [0.15, 0.2) is 41.5 Å². The van der Waals surface area contributed by atoms with E-state index in [1.165, 1.54) is 10.9 Å². The number of nitrogens with two attached hydrogens (primary N) is 1. The van der Waals surface area contributed by atoms with Gasteiger partial charge in [-0.1, -0.05) is 18.1 Å². The van der Waals surface area contributed by atoms with E-state index in [1.54, 1.807) is 38.3 Å². The Balaban J connectivity index is 1.74. The predicted molar refractivity (Wildman–Crippen MR) is 124 cm³/mol. The molecule has 2 aromatic heterocycles. The van der Waals surface area contributed by atoms with Crippen molar-refractivity contribution in [3.05, 3.63) is 52.6 Å². The fourth-order valence-electron chi connectivity index (χ4n) is 4.12. The van der Waals surface area contributed by atoms with Crippen LogP contribution in [0.25, 0.3) is 11.0 Å². The van der Waals surface area contributed by atoms with E-state index in [0.717, 1.165) is 31.7 Å². The smallest absolute Gasteiger partial charge is 0.278 e. The number of ether oxygens (including phenoxy) is 1. The molecule has 32 heavy (non-hydrogen) atoms. The molecule has 0 bridgehead atoms. The summed E-state index contributed by atoms with van der Waals surface area (Å²) in [6, 6.07) is 8.90. The first kappa shape index (κ1) is 21.7. The summed E-state index contributed by atoms with van der Waals surface area (Å²) in [4.78, 5) is 32.9. The molecule has 0 spiro atoms. The molecule has 3 heterocycles. The quantitative estimate of drug-likeness (QED) is 0.472. The van der Waals surface area contributed by atoms with Gasteiger partial charge in [-0.15, -0.1) is 5.92 Å². The lowest BCUT2D eigenvalue weighted by Gasteiger charge is -2.32. The van der Waals surface area contributed by atoms with Crippen molar-refractivity contribution >= 4 is 22.6 Å². The largest absolute Gasteiger partial charge is 0.497 e. The molecule has 1 aliphatic rings. The van der Waals surface area contributed by atoms with E-state index in [0.29, 0.717) is 28.9 Å². The number of benzene rings is 1. The van der Waals surface area contributed by atoms with Crippen molar-refractivity contribution in [2.45, 2.75) is 38.9 Å². The maximum atomic E-state index is 13.4. The van der Waals surface area contributed by atoms with Crippen molar-refractivity contribution in [3.8, 4) is 17.6 Å². The van der Waals surface area contributed by atoms with E-state index in [-0.39, 0.29) is 23.9 Å². The molecule has 1 saturated heterocycles. The maximum absolute atomic E-state index is 13.4. The molecule has 1 aromatic carbocycles. The van der Waals surface area contributed by atoms with Gasteiger partial charge in [-0.05, 0) is 31.9 Å². The van der Waals surface area contributed by atoms with Gasteiger partial charge in [0.15, 0.2) is 5.78 Å². The second-order valence-corrected chi connectivity index (χ2v) is 7.93. The molecule has 0 amide bonds. The van der Waals surface area contributed by atoms with E-state index in [2.05, 4.69) is 21.7 Å². The van der Waals surface area contributed by atoms with Gasteiger partial charge in [0.1, 0.15) is 17.1 Å². The summed E-state index contributed by atoms with van der Waals surface area (Å²) in [6.45, 7) is 3.62. The Bertz CT molecular complexity index is 1260. The normalized spacial score (nSPS) is 16.0. The Labute approximate surface area is 186 Å². The van der Waals surface area contributed by atoms with E-state index in [9.17, 15) is 9.59 Å². The first-order chi connectivity index (χ1) is 15.5. The van der Waals surface area contributed by atoms with Crippen LogP contribution in [-0.2, 0) is 13.1 Å². The predicted octanol–water partition coefficient (Wildman–Crippen LogP) is 2.04. The number of nitrogens with zero attached hydrogens (tertiary/aromatic N) is 4. The van der Waals surface area contributed by atoms with Gasteiger partial charge in [-0.3, -0.25) is 14.2 Å². The van der Waals surface area contributed by atoms with Gasteiger partial charge in [-0.2, -0.15) is 0 Å². The van der Waals surface area contributed by atoms with Crippen molar-refractivity contribution < 1.29 is 9.53 Å². The Morgan fingerprint density at radius 3 is 2.94 bits per heavy atom. The summed E-state index contributed by atoms with van der Waals surface area (Å²) in [7, 11) is 1.55. The molecular formula is C24H27N5O3. The number of methoxy groups -OCH3 is 1. The van der Waals surface area contributed by atoms with Crippen LogP contribution in [0.4, 0.5) is 5.82 Å². The minimum Gasteiger partial charge on any atom is -0.497 e. The second-order valence-electron chi connectivity index (χ2n) is 7.93. The molecule has 166 valence electrons. The number of carbonyl (C=O) groups is 1. The standard InChI is InChI=1S/C24H27N5O3/c1-3-4-11-29-22(27-10-6-8-18(25)14-27)13-20-23(29)24(31)28(16-26-20)15-21(30)17-7-5-9-19(12-17)32-2/h5,7,9,12-13,16,18H,6,8,10-11,14-15,25H2,1-2H3/t18-/m0/s1. The van der Waals surface area contributed by atoms with Crippen molar-refractivity contribution in [1.29, 1.82) is 0 Å². The van der Waals surface area contributed by atoms with Gasteiger partial charge >= 0.3 is 0 Å². The zero-order valence-electron chi connectivity index (χ0n) is 18.4. The molecule has 1 aliphatic heterocycles. The SMILES string of the molecule is CC#CCn1c(N2CCC[C@H](N)C2)cc2ncn(CC(=O)c3cccc(OC)c3)c(=O)c21. The van der Waals surface area contributed by atoms with Crippen molar-refractivity contribution in [2.24, 2.45) is 5.73 Å². The summed E-state index contributed by atoms with van der Waals surface area (Å²) in [5, 5.41) is 0. The Kier molecular flexibility index (Phi) is 6.28. The highest BCUT2D eigenvalue weighted by atomic mass is 16.5. The topological polar surface area (TPSA) is 95.4 Å². The summed E-state index contributed by atoms with van der Waals surface area (Å²) < 4.78 is 8.44. The monoisotopic (exact) mass is 433 g/mol. The number of rotatable bonds is 6. The van der Waals surface area contributed by atoms with E-state index in [4.69, 9.17) is 10.5 Å². The number of hydrogen-bond acceptors (Lipinski definition) is 6. The molecule has 0 aliphatic carbocycles. The molecule has 1 fully saturated rings. The lowest BCUT2D eigenvalue weighted by atomic mass is 10.1. The Morgan fingerprint density at radius 1 is 1.34 bits per heavy atom. The fraction of sp³-hybridized carbons (Fsp3) is 0.375. The molecule has 8 nitrogen and oxygen atoms in total. The van der Waals surface area contributed by atoms with E-state index < -0.39 is 0 Å². The van der Waals surface area contributed by atoms with Crippen LogP contribution in [0.1, 0.15) is 30.1 Å². The van der Waals surface area contributed by atoms with Gasteiger partial charge in [0.2, 0.25) is 0 Å². The zero-order valence-corrected chi connectivity index (χ0v) is 18.4. The number of aromatic nitrogens is 3. The van der Waals surface area contributed by atoms with Crippen LogP contribution in [-0.4, -0.2) is 46.1 Å². The summed E-state index contributed by atoms with van der Waals surface area (Å²) in [5.74, 6) is 7.24. The maximum Gasteiger partial charge on any atom is 0.278 e. The highest BCUT2D eigenvalue weighted by Gasteiger charge is 2.23. The summed E-state index contributed by atoms with van der Waals surface area (Å²) >= 11 is 0. The number of fused-ring (bicyclic) bond motifs is 1. The van der Waals surface area contributed by atoms with Crippen LogP contribution < -0.4 is 20.9 Å². The third-order valence-corrected chi connectivity index (χ3v) is 5.76. The highest BCUT2D eigenvalue weighted by molar-refractivity contribution is 5.96. The Hall–Kier alpha value is -3.57. The first-order valence-corrected chi connectivity index (χ1v) is 10.7. The van der Waals surface area contributed by atoms with Crippen LogP contribution in [0.2, 0.25) is 0 Å². The number of carbonyl (C=O) groups excluding carboxylic acids is 1. The Morgan fingerprint density at radius 2 is 2.19 bits per heavy atom. The molecule has 0 radical (unpaired) electrons. The number of piperidine rings is 1. The lowest BCUT2D eigenvalue weighted by molar-refractivity contribution is 0.0970. The number of Topliss-reactive ketones (excluding diaryl/α,β-unsaturated/α-hetero) is 1. The van der Waals surface area contributed by atoms with Gasteiger partial charge in [0.05, 0.1) is 32.0 Å². The molecule has 1 atom stereocenters. The second kappa shape index (κ2) is 9.28. The average Bonchev–Trinajstić information content (AvgIpc) is 3.18. The van der Waals surface area contributed by atoms with Gasteiger partial charge in [0.25, 0.3) is 5.56 Å². The third-order valence-electron chi connectivity index (χ3n) is 5.76. The summed E-state index contributed by atoms with van der Waals surface area (Å²) in [5.41, 5.74) is 7.43. The van der Waals surface area contributed by atoms with Gasteiger partial charge in [0, 0.05) is 30.8 Å². The summed E-state index contributed by atoms with van der Waals surface area (Å²) in [6.07, 6.45) is 3.42. The van der Waals surface area contributed by atoms with Crippen molar-refractivity contribution in [1.82, 2.24) is 14.1 Å². The fourth-order valence-corrected chi connectivity index (χ4v) is 4.12. The van der Waals surface area contributed by atoms with Gasteiger partial charge in [-0.25, -0.2) is 4.98 Å². The molecule has 4 rings (SSSR count). The molecular weight excluding hydrogens is 406 g/mol. The van der Waals surface area contributed by atoms with Gasteiger partial charge < -0.3 is 19.9 Å². The van der Waals surface area contributed by atoms with Crippen molar-refractivity contribution in [2.75, 3.05) is 25.1 Å². The number of ketones is 1. The van der Waals surface area contributed by atoms with E-state index in [1.807, 2.05) is 10.6 Å². The zero-order chi connectivity index (χ0) is 22.7. The average molecular weight is 434 g/mol. The van der Waals surface area contributed by atoms with Crippen LogP contribution in [0.3, 0.4) is 0 Å². The van der Waals surface area contributed by atoms with Crippen LogP contribution in [0.5, 0.6) is 5.75 Å². The highest BCUT2D eigenvalue weighted by Crippen LogP contribution is 2.26. The van der Waals surface area contributed by atoms with Crippen LogP contribution >= 0.6 is 0 Å². The minimum atomic E-state index is -0.267. The minimum absolute atomic E-state index is 0.0950. The molecule has 0 unspecified atom stereocenters. The molecule has 3 aromatic rings. The van der Waals surface area contributed by atoms with E-state index >= 15 is 0 Å². The molecule has 2 N–H and O–H groups in total. The third kappa shape index (κ3) is 4.25. The molecule has 0 saturated carbocycles. The molecule has 8 heteroatoms.